The van der Waals surface area contributed by atoms with Gasteiger partial charge in [0.1, 0.15) is 0 Å². The molecule has 0 unspecified atom stereocenters. The van der Waals surface area contributed by atoms with Gasteiger partial charge in [-0.3, -0.25) is 4.79 Å². The Kier molecular flexibility index (Phi) is 5.21. The highest BCUT2D eigenvalue weighted by atomic mass is 35.5. The highest BCUT2D eigenvalue weighted by molar-refractivity contribution is 7.14. The van der Waals surface area contributed by atoms with Gasteiger partial charge in [0.2, 0.25) is 0 Å². The molecule has 0 spiro atoms. The lowest BCUT2D eigenvalue weighted by Gasteiger charge is -2.08. The number of ether oxygens (including phenoxy) is 1. The first kappa shape index (κ1) is 16.5. The second-order valence-electron chi connectivity index (χ2n) is 4.69. The number of rotatable bonds is 4. The lowest BCUT2D eigenvalue weighted by atomic mass is 10.2. The Morgan fingerprint density at radius 1 is 1.32 bits per heavy atom. The van der Waals surface area contributed by atoms with Crippen LogP contribution in [-0.2, 0) is 11.2 Å². The molecule has 0 bridgehead atoms. The van der Waals surface area contributed by atoms with Gasteiger partial charge in [-0.15, -0.1) is 11.3 Å². The molecular formula is C16H16ClNO3S. The van der Waals surface area contributed by atoms with Crippen molar-refractivity contribution in [1.82, 2.24) is 0 Å². The first-order valence-corrected chi connectivity index (χ1v) is 7.94. The summed E-state index contributed by atoms with van der Waals surface area (Å²) in [4.78, 5) is 25.6. The van der Waals surface area contributed by atoms with Gasteiger partial charge in [-0.05, 0) is 43.2 Å². The minimum absolute atomic E-state index is 0.239. The van der Waals surface area contributed by atoms with Crippen molar-refractivity contribution in [3.63, 3.8) is 0 Å². The normalized spacial score (nSPS) is 10.4. The van der Waals surface area contributed by atoms with E-state index in [0.717, 1.165) is 16.9 Å². The van der Waals surface area contributed by atoms with E-state index in [1.807, 2.05) is 19.9 Å². The Balaban J connectivity index is 2.25. The fraction of sp³-hybridized carbons (Fsp3) is 0.250. The van der Waals surface area contributed by atoms with Gasteiger partial charge in [0.25, 0.3) is 5.91 Å². The Morgan fingerprint density at radius 2 is 2.05 bits per heavy atom. The quantitative estimate of drug-likeness (QED) is 0.846. The van der Waals surface area contributed by atoms with Crippen LogP contribution in [0.3, 0.4) is 0 Å². The third-order valence-corrected chi connectivity index (χ3v) is 4.68. The van der Waals surface area contributed by atoms with Crippen LogP contribution in [0.5, 0.6) is 0 Å². The predicted molar refractivity (Wildman–Crippen MR) is 89.2 cm³/mol. The Hall–Kier alpha value is -1.85. The molecule has 0 aliphatic carbocycles. The summed E-state index contributed by atoms with van der Waals surface area (Å²) < 4.78 is 4.66. The number of benzene rings is 1. The fourth-order valence-electron chi connectivity index (χ4n) is 2.03. The number of methoxy groups -OCH3 is 1. The molecule has 1 amide bonds. The molecule has 0 fully saturated rings. The van der Waals surface area contributed by atoms with Crippen LogP contribution >= 0.6 is 22.9 Å². The minimum atomic E-state index is -0.479. The molecule has 1 N–H and O–H groups in total. The van der Waals surface area contributed by atoms with E-state index in [9.17, 15) is 9.59 Å². The van der Waals surface area contributed by atoms with E-state index < -0.39 is 5.97 Å². The monoisotopic (exact) mass is 337 g/mol. The number of anilines is 1. The molecule has 4 nitrogen and oxygen atoms in total. The van der Waals surface area contributed by atoms with Crippen LogP contribution in [0.15, 0.2) is 24.3 Å². The number of aryl methyl sites for hydroxylation is 2. The standard InChI is InChI=1S/C16H16ClNO3S/c1-4-10-8-14(22-9(10)2)15(19)18-13-7-11(16(20)21-3)5-6-12(13)17/h5-8H,4H2,1-3H3,(H,18,19). The van der Waals surface area contributed by atoms with Crippen molar-refractivity contribution in [3.8, 4) is 0 Å². The molecular weight excluding hydrogens is 322 g/mol. The van der Waals surface area contributed by atoms with E-state index in [2.05, 4.69) is 10.1 Å². The van der Waals surface area contributed by atoms with Crippen LogP contribution in [0.25, 0.3) is 0 Å². The molecule has 6 heteroatoms. The third kappa shape index (κ3) is 3.48. The summed E-state index contributed by atoms with van der Waals surface area (Å²) in [5.41, 5.74) is 1.88. The summed E-state index contributed by atoms with van der Waals surface area (Å²) >= 11 is 7.52. The van der Waals surface area contributed by atoms with E-state index in [-0.39, 0.29) is 5.91 Å². The first-order valence-electron chi connectivity index (χ1n) is 6.74. The van der Waals surface area contributed by atoms with Gasteiger partial charge in [-0.2, -0.15) is 0 Å². The summed E-state index contributed by atoms with van der Waals surface area (Å²) in [5, 5.41) is 3.11. The van der Waals surface area contributed by atoms with Crippen LogP contribution in [0.1, 0.15) is 37.4 Å². The van der Waals surface area contributed by atoms with Crippen molar-refractivity contribution < 1.29 is 14.3 Å². The number of esters is 1. The zero-order valence-electron chi connectivity index (χ0n) is 12.5. The molecule has 1 aromatic carbocycles. The molecule has 1 aromatic heterocycles. The second kappa shape index (κ2) is 6.94. The zero-order chi connectivity index (χ0) is 16.3. The summed E-state index contributed by atoms with van der Waals surface area (Å²) in [6, 6.07) is 6.50. The van der Waals surface area contributed by atoms with Crippen molar-refractivity contribution in [2.45, 2.75) is 20.3 Å². The maximum absolute atomic E-state index is 12.3. The van der Waals surface area contributed by atoms with Gasteiger partial charge in [-0.25, -0.2) is 4.79 Å². The maximum atomic E-state index is 12.3. The van der Waals surface area contributed by atoms with Crippen LogP contribution < -0.4 is 5.32 Å². The number of carbonyl (C=O) groups excluding carboxylic acids is 2. The average Bonchev–Trinajstić information content (AvgIpc) is 2.89. The van der Waals surface area contributed by atoms with Crippen LogP contribution in [0.4, 0.5) is 5.69 Å². The molecule has 0 saturated carbocycles. The van der Waals surface area contributed by atoms with Gasteiger partial charge in [0.05, 0.1) is 28.3 Å². The second-order valence-corrected chi connectivity index (χ2v) is 6.35. The molecule has 0 radical (unpaired) electrons. The molecule has 0 aliphatic heterocycles. The molecule has 116 valence electrons. The lowest BCUT2D eigenvalue weighted by Crippen LogP contribution is -2.11. The summed E-state index contributed by atoms with van der Waals surface area (Å²) in [6.07, 6.45) is 0.883. The van der Waals surface area contributed by atoms with Crippen LogP contribution in [0.2, 0.25) is 5.02 Å². The smallest absolute Gasteiger partial charge is 0.337 e. The third-order valence-electron chi connectivity index (χ3n) is 3.26. The van der Waals surface area contributed by atoms with E-state index in [1.165, 1.54) is 24.5 Å². The lowest BCUT2D eigenvalue weighted by molar-refractivity contribution is 0.0600. The van der Waals surface area contributed by atoms with Gasteiger partial charge in [-0.1, -0.05) is 18.5 Å². The molecule has 0 aliphatic rings. The highest BCUT2D eigenvalue weighted by Crippen LogP contribution is 2.27. The maximum Gasteiger partial charge on any atom is 0.337 e. The van der Waals surface area contributed by atoms with Crippen molar-refractivity contribution in [2.24, 2.45) is 0 Å². The number of amides is 1. The Bertz CT molecular complexity index is 724. The zero-order valence-corrected chi connectivity index (χ0v) is 14.1. The van der Waals surface area contributed by atoms with Gasteiger partial charge >= 0.3 is 5.97 Å². The average molecular weight is 338 g/mol. The van der Waals surface area contributed by atoms with Crippen molar-refractivity contribution in [2.75, 3.05) is 12.4 Å². The topological polar surface area (TPSA) is 55.4 Å². The Morgan fingerprint density at radius 3 is 2.64 bits per heavy atom. The molecule has 2 rings (SSSR count). The van der Waals surface area contributed by atoms with E-state index in [4.69, 9.17) is 11.6 Å². The number of hydrogen-bond donors (Lipinski definition) is 1. The van der Waals surface area contributed by atoms with Crippen molar-refractivity contribution in [3.05, 3.63) is 50.2 Å². The molecule has 0 saturated heterocycles. The highest BCUT2D eigenvalue weighted by Gasteiger charge is 2.15. The number of carbonyl (C=O) groups is 2. The van der Waals surface area contributed by atoms with Gasteiger partial charge < -0.3 is 10.1 Å². The fourth-order valence-corrected chi connectivity index (χ4v) is 3.21. The number of hydrogen-bond acceptors (Lipinski definition) is 4. The molecule has 1 heterocycles. The minimum Gasteiger partial charge on any atom is -0.465 e. The number of halogens is 1. The SMILES string of the molecule is CCc1cc(C(=O)Nc2cc(C(=O)OC)ccc2Cl)sc1C. The molecule has 2 aromatic rings. The molecule has 0 atom stereocenters. The van der Waals surface area contributed by atoms with E-state index in [0.29, 0.717) is 21.2 Å². The van der Waals surface area contributed by atoms with E-state index >= 15 is 0 Å². The summed E-state index contributed by atoms with van der Waals surface area (Å²) in [6.45, 7) is 4.04. The van der Waals surface area contributed by atoms with Crippen LogP contribution in [0, 0.1) is 6.92 Å². The van der Waals surface area contributed by atoms with Crippen LogP contribution in [-0.4, -0.2) is 19.0 Å². The molecule has 22 heavy (non-hydrogen) atoms. The van der Waals surface area contributed by atoms with Gasteiger partial charge in [0.15, 0.2) is 0 Å². The van der Waals surface area contributed by atoms with Crippen molar-refractivity contribution >= 4 is 40.5 Å². The van der Waals surface area contributed by atoms with Gasteiger partial charge in [0, 0.05) is 4.88 Å². The Labute approximate surface area is 138 Å². The first-order chi connectivity index (χ1) is 10.5. The number of thiophene rings is 1. The summed E-state index contributed by atoms with van der Waals surface area (Å²) in [5.74, 6) is -0.718. The summed E-state index contributed by atoms with van der Waals surface area (Å²) in [7, 11) is 1.30. The van der Waals surface area contributed by atoms with Crippen molar-refractivity contribution in [1.29, 1.82) is 0 Å². The number of nitrogens with one attached hydrogen (secondary N) is 1. The predicted octanol–water partition coefficient (Wildman–Crippen LogP) is 4.31. The largest absolute Gasteiger partial charge is 0.465 e. The van der Waals surface area contributed by atoms with E-state index in [1.54, 1.807) is 12.1 Å².